The van der Waals surface area contributed by atoms with Gasteiger partial charge in [0.15, 0.2) is 5.65 Å². The van der Waals surface area contributed by atoms with E-state index in [0.717, 1.165) is 21.5 Å². The van der Waals surface area contributed by atoms with Crippen LogP contribution in [0, 0.1) is 6.92 Å². The van der Waals surface area contributed by atoms with Gasteiger partial charge in [0.05, 0.1) is 5.69 Å². The van der Waals surface area contributed by atoms with Gasteiger partial charge < -0.3 is 5.32 Å². The molecule has 0 bridgehead atoms. The fraction of sp³-hybridized carbons (Fsp3) is 0.0909. The summed E-state index contributed by atoms with van der Waals surface area (Å²) in [7, 11) is 0. The molecule has 0 aliphatic carbocycles. The zero-order chi connectivity index (χ0) is 21.5. The Balaban J connectivity index is 1.48. The van der Waals surface area contributed by atoms with Crippen LogP contribution in [0.2, 0.25) is 5.02 Å². The van der Waals surface area contributed by atoms with Crippen LogP contribution in [0.4, 0.5) is 5.69 Å². The van der Waals surface area contributed by atoms with Crippen LogP contribution in [0.3, 0.4) is 0 Å². The van der Waals surface area contributed by atoms with Gasteiger partial charge in [0.1, 0.15) is 12.1 Å². The van der Waals surface area contributed by atoms with Crippen LogP contribution in [-0.2, 0) is 11.3 Å². The van der Waals surface area contributed by atoms with Gasteiger partial charge in [-0.3, -0.25) is 4.79 Å². The molecule has 0 fully saturated rings. The standard InChI is InChI=1S/C22H17ClN6O2/c1-14-7-8-16(11-17(14)23)24-20(30)13-29-22(31)27-9-10-28-19(21(27)26-29)12-18(25-28)15-5-3-2-4-6-15/h2-12H,13H2,1H3,(H,24,30). The van der Waals surface area contributed by atoms with E-state index in [0.29, 0.717) is 21.9 Å². The first-order valence-corrected chi connectivity index (χ1v) is 9.96. The Hall–Kier alpha value is -3.91. The van der Waals surface area contributed by atoms with E-state index in [1.807, 2.05) is 49.4 Å². The van der Waals surface area contributed by atoms with Crippen molar-refractivity contribution in [3.63, 3.8) is 0 Å². The highest BCUT2D eigenvalue weighted by Gasteiger charge is 2.15. The zero-order valence-corrected chi connectivity index (χ0v) is 17.2. The molecule has 8 nitrogen and oxygen atoms in total. The quantitative estimate of drug-likeness (QED) is 0.471. The lowest BCUT2D eigenvalue weighted by molar-refractivity contribution is -0.117. The van der Waals surface area contributed by atoms with Gasteiger partial charge in [0.25, 0.3) is 0 Å². The highest BCUT2D eigenvalue weighted by molar-refractivity contribution is 6.31. The van der Waals surface area contributed by atoms with E-state index in [-0.39, 0.29) is 12.5 Å². The van der Waals surface area contributed by atoms with Gasteiger partial charge in [-0.05, 0) is 30.7 Å². The van der Waals surface area contributed by atoms with Crippen molar-refractivity contribution in [2.24, 2.45) is 0 Å². The van der Waals surface area contributed by atoms with E-state index in [1.54, 1.807) is 29.0 Å². The number of carbonyl (C=O) groups excluding carboxylic acids is 1. The van der Waals surface area contributed by atoms with Crippen molar-refractivity contribution in [3.05, 3.63) is 88.1 Å². The summed E-state index contributed by atoms with van der Waals surface area (Å²) in [5.74, 6) is -0.375. The van der Waals surface area contributed by atoms with E-state index in [4.69, 9.17) is 11.6 Å². The summed E-state index contributed by atoms with van der Waals surface area (Å²) in [6.45, 7) is 1.66. The molecule has 31 heavy (non-hydrogen) atoms. The number of nitrogens with zero attached hydrogens (tertiary/aromatic N) is 5. The predicted molar refractivity (Wildman–Crippen MR) is 118 cm³/mol. The number of nitrogens with one attached hydrogen (secondary N) is 1. The van der Waals surface area contributed by atoms with Crippen molar-refractivity contribution in [2.45, 2.75) is 13.5 Å². The Morgan fingerprint density at radius 3 is 2.65 bits per heavy atom. The van der Waals surface area contributed by atoms with Gasteiger partial charge in [-0.1, -0.05) is 48.0 Å². The van der Waals surface area contributed by atoms with E-state index >= 15 is 0 Å². The van der Waals surface area contributed by atoms with Crippen LogP contribution < -0.4 is 11.0 Å². The number of carbonyl (C=O) groups is 1. The lowest BCUT2D eigenvalue weighted by atomic mass is 10.1. The second-order valence-corrected chi connectivity index (χ2v) is 7.58. The Bertz CT molecular complexity index is 1500. The summed E-state index contributed by atoms with van der Waals surface area (Å²) in [5, 5.41) is 12.2. The number of rotatable bonds is 4. The first-order valence-electron chi connectivity index (χ1n) is 9.58. The van der Waals surface area contributed by atoms with Gasteiger partial charge in [-0.15, -0.1) is 5.10 Å². The van der Waals surface area contributed by atoms with E-state index in [1.165, 1.54) is 4.40 Å². The summed E-state index contributed by atoms with van der Waals surface area (Å²) >= 11 is 6.11. The number of amides is 1. The molecule has 5 aromatic rings. The predicted octanol–water partition coefficient (Wildman–Crippen LogP) is 3.41. The molecule has 1 amide bonds. The van der Waals surface area contributed by atoms with Crippen LogP contribution in [-0.4, -0.2) is 29.7 Å². The van der Waals surface area contributed by atoms with Gasteiger partial charge >= 0.3 is 5.69 Å². The number of hydrogen-bond acceptors (Lipinski definition) is 4. The maximum Gasteiger partial charge on any atom is 0.350 e. The summed E-state index contributed by atoms with van der Waals surface area (Å²) in [4.78, 5) is 25.2. The Kier molecular flexibility index (Phi) is 4.56. The first kappa shape index (κ1) is 19.1. The average molecular weight is 433 g/mol. The molecule has 0 spiro atoms. The van der Waals surface area contributed by atoms with Crippen molar-refractivity contribution < 1.29 is 4.79 Å². The van der Waals surface area contributed by atoms with E-state index in [9.17, 15) is 9.59 Å². The molecule has 9 heteroatoms. The molecule has 0 radical (unpaired) electrons. The highest BCUT2D eigenvalue weighted by Crippen LogP contribution is 2.21. The number of anilines is 1. The third-order valence-corrected chi connectivity index (χ3v) is 5.42. The second-order valence-electron chi connectivity index (χ2n) is 7.17. The van der Waals surface area contributed by atoms with E-state index in [2.05, 4.69) is 15.5 Å². The molecule has 5 rings (SSSR count). The smallest absolute Gasteiger partial charge is 0.324 e. The maximum atomic E-state index is 12.8. The molecule has 3 heterocycles. The molecule has 0 atom stereocenters. The van der Waals surface area contributed by atoms with E-state index < -0.39 is 5.69 Å². The van der Waals surface area contributed by atoms with Crippen LogP contribution >= 0.6 is 11.6 Å². The van der Waals surface area contributed by atoms with Crippen LogP contribution in [0.25, 0.3) is 22.4 Å². The molecule has 0 aliphatic rings. The van der Waals surface area contributed by atoms with Crippen molar-refractivity contribution in [3.8, 4) is 11.3 Å². The highest BCUT2D eigenvalue weighted by atomic mass is 35.5. The minimum Gasteiger partial charge on any atom is -0.324 e. The first-order chi connectivity index (χ1) is 15.0. The summed E-state index contributed by atoms with van der Waals surface area (Å²) in [5.41, 5.74) is 3.89. The number of aromatic nitrogens is 5. The molecule has 154 valence electrons. The Morgan fingerprint density at radius 2 is 1.87 bits per heavy atom. The van der Waals surface area contributed by atoms with Gasteiger partial charge in [-0.25, -0.2) is 18.4 Å². The van der Waals surface area contributed by atoms with Crippen LogP contribution in [0.15, 0.2) is 71.8 Å². The Labute approximate surface area is 181 Å². The number of benzene rings is 2. The minimum absolute atomic E-state index is 0.224. The molecule has 0 saturated carbocycles. The largest absolute Gasteiger partial charge is 0.350 e. The van der Waals surface area contributed by atoms with Crippen molar-refractivity contribution in [1.29, 1.82) is 0 Å². The molecule has 0 unspecified atom stereocenters. The third kappa shape index (κ3) is 3.47. The fourth-order valence-corrected chi connectivity index (χ4v) is 3.57. The zero-order valence-electron chi connectivity index (χ0n) is 16.5. The lowest BCUT2D eigenvalue weighted by Gasteiger charge is -2.06. The lowest BCUT2D eigenvalue weighted by Crippen LogP contribution is -2.28. The van der Waals surface area contributed by atoms with Crippen molar-refractivity contribution in [1.82, 2.24) is 23.8 Å². The minimum atomic E-state index is -0.406. The van der Waals surface area contributed by atoms with Gasteiger partial charge in [0.2, 0.25) is 5.91 Å². The molecule has 2 aromatic carbocycles. The molecule has 0 aliphatic heterocycles. The monoisotopic (exact) mass is 432 g/mol. The maximum absolute atomic E-state index is 12.8. The normalized spacial score (nSPS) is 11.3. The summed E-state index contributed by atoms with van der Waals surface area (Å²) in [6.07, 6.45) is 3.28. The number of aryl methyl sites for hydroxylation is 1. The summed E-state index contributed by atoms with van der Waals surface area (Å²) < 4.78 is 4.21. The Morgan fingerprint density at radius 1 is 1.06 bits per heavy atom. The number of hydrogen-bond donors (Lipinski definition) is 1. The molecule has 1 N–H and O–H groups in total. The average Bonchev–Trinajstić information content (AvgIpc) is 3.33. The molecular weight excluding hydrogens is 416 g/mol. The molecule has 3 aromatic heterocycles. The van der Waals surface area contributed by atoms with Crippen LogP contribution in [0.5, 0.6) is 0 Å². The number of fused-ring (bicyclic) bond motifs is 3. The second kappa shape index (κ2) is 7.41. The van der Waals surface area contributed by atoms with Gasteiger partial charge in [0, 0.05) is 28.7 Å². The topological polar surface area (TPSA) is 85.7 Å². The number of halogens is 1. The van der Waals surface area contributed by atoms with Crippen molar-refractivity contribution in [2.75, 3.05) is 5.32 Å². The fourth-order valence-electron chi connectivity index (χ4n) is 3.39. The van der Waals surface area contributed by atoms with Crippen molar-refractivity contribution >= 4 is 34.4 Å². The molecule has 0 saturated heterocycles. The SMILES string of the molecule is Cc1ccc(NC(=O)Cn2nc3c4cc(-c5ccccc5)nn4ccn3c2=O)cc1Cl. The molecular formula is C22H17ClN6O2. The van der Waals surface area contributed by atoms with Crippen LogP contribution in [0.1, 0.15) is 5.56 Å². The van der Waals surface area contributed by atoms with Gasteiger partial charge in [-0.2, -0.15) is 5.10 Å². The third-order valence-electron chi connectivity index (χ3n) is 5.01. The summed E-state index contributed by atoms with van der Waals surface area (Å²) in [6, 6.07) is 16.9.